The minimum atomic E-state index is 0.0479. The molecule has 116 valence electrons. The summed E-state index contributed by atoms with van der Waals surface area (Å²) in [7, 11) is 1.66. The fourth-order valence-corrected chi connectivity index (χ4v) is 2.24. The summed E-state index contributed by atoms with van der Waals surface area (Å²) in [6, 6.07) is 0. The molecular weight excluding hydrogens is 270 g/mol. The number of amides is 1. The molecule has 1 aromatic rings. The molecule has 1 N–H and O–H groups in total. The predicted molar refractivity (Wildman–Crippen MR) is 80.5 cm³/mol. The molecule has 7 heteroatoms. The molecule has 2 heterocycles. The van der Waals surface area contributed by atoms with Crippen molar-refractivity contribution >= 4 is 11.7 Å². The van der Waals surface area contributed by atoms with E-state index in [-0.39, 0.29) is 12.0 Å². The number of piperazine rings is 1. The van der Waals surface area contributed by atoms with Crippen LogP contribution in [0.4, 0.5) is 5.82 Å². The second kappa shape index (κ2) is 7.21. The van der Waals surface area contributed by atoms with Crippen LogP contribution in [-0.2, 0) is 4.79 Å². The molecule has 0 atom stereocenters. The molecule has 0 bridgehead atoms. The number of nitrogens with zero attached hydrogens (tertiary/aromatic N) is 4. The lowest BCUT2D eigenvalue weighted by Gasteiger charge is -2.35. The van der Waals surface area contributed by atoms with Crippen molar-refractivity contribution in [3.05, 3.63) is 12.4 Å². The van der Waals surface area contributed by atoms with Crippen LogP contribution in [0.15, 0.2) is 12.4 Å². The second-order valence-corrected chi connectivity index (χ2v) is 5.29. The minimum absolute atomic E-state index is 0.0479. The van der Waals surface area contributed by atoms with Crippen molar-refractivity contribution in [3.63, 3.8) is 0 Å². The number of hydrogen-bond donors (Lipinski definition) is 1. The Balaban J connectivity index is 1.97. The van der Waals surface area contributed by atoms with Gasteiger partial charge in [-0.15, -0.1) is 0 Å². The SMILES string of the molecule is CNC(=O)CN1CCN(c2nccnc2OC(C)C)CC1. The number of nitrogens with one attached hydrogen (secondary N) is 1. The van der Waals surface area contributed by atoms with Crippen molar-refractivity contribution in [2.24, 2.45) is 0 Å². The third kappa shape index (κ3) is 4.29. The quantitative estimate of drug-likeness (QED) is 0.832. The van der Waals surface area contributed by atoms with E-state index in [2.05, 4.69) is 25.1 Å². The fourth-order valence-electron chi connectivity index (χ4n) is 2.24. The molecule has 0 spiro atoms. The number of carbonyl (C=O) groups is 1. The third-order valence-corrected chi connectivity index (χ3v) is 3.31. The second-order valence-electron chi connectivity index (χ2n) is 5.29. The highest BCUT2D eigenvalue weighted by molar-refractivity contribution is 5.77. The number of aromatic nitrogens is 2. The maximum atomic E-state index is 11.4. The van der Waals surface area contributed by atoms with Crippen LogP contribution in [-0.4, -0.2) is 66.7 Å². The molecule has 1 saturated heterocycles. The molecule has 1 aliphatic rings. The molecule has 0 unspecified atom stereocenters. The highest BCUT2D eigenvalue weighted by Crippen LogP contribution is 2.24. The maximum absolute atomic E-state index is 11.4. The largest absolute Gasteiger partial charge is 0.472 e. The maximum Gasteiger partial charge on any atom is 0.257 e. The van der Waals surface area contributed by atoms with Crippen LogP contribution in [0.3, 0.4) is 0 Å². The number of hydrogen-bond acceptors (Lipinski definition) is 6. The Morgan fingerprint density at radius 2 is 1.95 bits per heavy atom. The van der Waals surface area contributed by atoms with E-state index < -0.39 is 0 Å². The van der Waals surface area contributed by atoms with Gasteiger partial charge >= 0.3 is 0 Å². The van der Waals surface area contributed by atoms with Gasteiger partial charge in [-0.25, -0.2) is 9.97 Å². The summed E-state index contributed by atoms with van der Waals surface area (Å²) in [5.74, 6) is 1.41. The van der Waals surface area contributed by atoms with Crippen molar-refractivity contribution < 1.29 is 9.53 Å². The Morgan fingerprint density at radius 3 is 2.57 bits per heavy atom. The minimum Gasteiger partial charge on any atom is -0.472 e. The lowest BCUT2D eigenvalue weighted by Crippen LogP contribution is -2.49. The van der Waals surface area contributed by atoms with Crippen LogP contribution in [0, 0.1) is 0 Å². The molecule has 1 amide bonds. The topological polar surface area (TPSA) is 70.6 Å². The summed E-state index contributed by atoms with van der Waals surface area (Å²) in [5, 5.41) is 2.65. The lowest BCUT2D eigenvalue weighted by atomic mass is 10.3. The molecule has 0 aromatic carbocycles. The Kier molecular flexibility index (Phi) is 5.32. The average Bonchev–Trinajstić information content (AvgIpc) is 2.48. The van der Waals surface area contributed by atoms with Gasteiger partial charge in [0.05, 0.1) is 12.6 Å². The van der Waals surface area contributed by atoms with E-state index in [0.29, 0.717) is 12.4 Å². The molecule has 21 heavy (non-hydrogen) atoms. The molecule has 1 aromatic heterocycles. The fraction of sp³-hybridized carbons (Fsp3) is 0.643. The Labute approximate surface area is 125 Å². The van der Waals surface area contributed by atoms with Crippen LogP contribution < -0.4 is 15.0 Å². The van der Waals surface area contributed by atoms with Crippen LogP contribution in [0.25, 0.3) is 0 Å². The first-order chi connectivity index (χ1) is 10.1. The standard InChI is InChI=1S/C14H23N5O2/c1-11(2)21-14-13(16-4-5-17-14)19-8-6-18(7-9-19)10-12(20)15-3/h4-5,11H,6-10H2,1-3H3,(H,15,20). The normalized spacial score (nSPS) is 16.1. The number of likely N-dealkylation sites (N-methyl/N-ethyl adjacent to an activating group) is 1. The summed E-state index contributed by atoms with van der Waals surface area (Å²) >= 11 is 0. The van der Waals surface area contributed by atoms with Gasteiger partial charge in [-0.1, -0.05) is 0 Å². The van der Waals surface area contributed by atoms with Crippen LogP contribution >= 0.6 is 0 Å². The van der Waals surface area contributed by atoms with E-state index in [1.165, 1.54) is 0 Å². The smallest absolute Gasteiger partial charge is 0.257 e. The van der Waals surface area contributed by atoms with Crippen LogP contribution in [0.5, 0.6) is 5.88 Å². The summed E-state index contributed by atoms with van der Waals surface area (Å²) in [5.41, 5.74) is 0. The molecule has 1 aliphatic heterocycles. The van der Waals surface area contributed by atoms with Gasteiger partial charge in [-0.05, 0) is 13.8 Å². The van der Waals surface area contributed by atoms with Crippen LogP contribution in [0.2, 0.25) is 0 Å². The Hall–Kier alpha value is -1.89. The van der Waals surface area contributed by atoms with Gasteiger partial charge in [-0.2, -0.15) is 0 Å². The van der Waals surface area contributed by atoms with Crippen molar-refractivity contribution in [2.45, 2.75) is 20.0 Å². The van der Waals surface area contributed by atoms with Crippen molar-refractivity contribution in [1.82, 2.24) is 20.2 Å². The van der Waals surface area contributed by atoms with Gasteiger partial charge in [0.25, 0.3) is 5.88 Å². The highest BCUT2D eigenvalue weighted by atomic mass is 16.5. The number of carbonyl (C=O) groups excluding carboxylic acids is 1. The van der Waals surface area contributed by atoms with E-state index in [4.69, 9.17) is 4.74 Å². The van der Waals surface area contributed by atoms with Gasteiger partial charge in [0.15, 0.2) is 5.82 Å². The van der Waals surface area contributed by atoms with Gasteiger partial charge in [0, 0.05) is 45.6 Å². The average molecular weight is 293 g/mol. The lowest BCUT2D eigenvalue weighted by molar-refractivity contribution is -0.121. The monoisotopic (exact) mass is 293 g/mol. The van der Waals surface area contributed by atoms with E-state index in [0.717, 1.165) is 32.0 Å². The number of ether oxygens (including phenoxy) is 1. The zero-order chi connectivity index (χ0) is 15.2. The first-order valence-corrected chi connectivity index (χ1v) is 7.25. The molecule has 0 radical (unpaired) electrons. The highest BCUT2D eigenvalue weighted by Gasteiger charge is 2.22. The van der Waals surface area contributed by atoms with Gasteiger partial charge in [0.2, 0.25) is 5.91 Å². The summed E-state index contributed by atoms with van der Waals surface area (Å²) in [4.78, 5) is 24.4. The van der Waals surface area contributed by atoms with E-state index in [1.807, 2.05) is 13.8 Å². The van der Waals surface area contributed by atoms with Gasteiger partial charge in [-0.3, -0.25) is 9.69 Å². The van der Waals surface area contributed by atoms with Crippen LogP contribution in [0.1, 0.15) is 13.8 Å². The predicted octanol–water partition coefficient (Wildman–Crippen LogP) is 0.132. The zero-order valence-corrected chi connectivity index (χ0v) is 12.9. The molecule has 2 rings (SSSR count). The molecule has 0 aliphatic carbocycles. The Morgan fingerprint density at radius 1 is 1.29 bits per heavy atom. The Bertz CT molecular complexity index is 472. The van der Waals surface area contributed by atoms with Gasteiger partial charge < -0.3 is 15.0 Å². The first kappa shape index (κ1) is 15.5. The van der Waals surface area contributed by atoms with E-state index >= 15 is 0 Å². The summed E-state index contributed by atoms with van der Waals surface area (Å²) in [6.45, 7) is 7.66. The van der Waals surface area contributed by atoms with Crippen molar-refractivity contribution in [3.8, 4) is 5.88 Å². The van der Waals surface area contributed by atoms with E-state index in [9.17, 15) is 4.79 Å². The van der Waals surface area contributed by atoms with Crippen molar-refractivity contribution in [2.75, 3.05) is 44.7 Å². The molecule has 7 nitrogen and oxygen atoms in total. The number of anilines is 1. The zero-order valence-electron chi connectivity index (χ0n) is 12.9. The van der Waals surface area contributed by atoms with Crippen molar-refractivity contribution in [1.29, 1.82) is 0 Å². The third-order valence-electron chi connectivity index (χ3n) is 3.31. The molecule has 1 fully saturated rings. The molecular formula is C14H23N5O2. The molecule has 0 saturated carbocycles. The van der Waals surface area contributed by atoms with Gasteiger partial charge in [0.1, 0.15) is 0 Å². The summed E-state index contributed by atoms with van der Waals surface area (Å²) < 4.78 is 5.71. The summed E-state index contributed by atoms with van der Waals surface area (Å²) in [6.07, 6.45) is 3.39. The first-order valence-electron chi connectivity index (χ1n) is 7.25. The van der Waals surface area contributed by atoms with E-state index in [1.54, 1.807) is 19.4 Å². The number of rotatable bonds is 5.